The Bertz CT molecular complexity index is 1190. The topological polar surface area (TPSA) is 35.5 Å². The highest BCUT2D eigenvalue weighted by Crippen LogP contribution is 2.43. The van der Waals surface area contributed by atoms with Crippen LogP contribution in [0.2, 0.25) is 0 Å². The molecule has 1 heterocycles. The van der Waals surface area contributed by atoms with Gasteiger partial charge in [0.05, 0.1) is 0 Å². The first-order valence-electron chi connectivity index (χ1n) is 9.62. The predicted molar refractivity (Wildman–Crippen MR) is 119 cm³/mol. The highest BCUT2D eigenvalue weighted by atomic mass is 32.2. The van der Waals surface area contributed by atoms with Crippen LogP contribution in [0.25, 0.3) is 15.0 Å². The maximum Gasteiger partial charge on any atom is 0.514 e. The minimum atomic E-state index is -0.943. The Morgan fingerprint density at radius 2 is 1.60 bits per heavy atom. The third kappa shape index (κ3) is 4.07. The molecular formula is C25H22FO3S+. The van der Waals surface area contributed by atoms with Crippen molar-refractivity contribution in [3.05, 3.63) is 95.1 Å². The first-order chi connectivity index (χ1) is 14.3. The van der Waals surface area contributed by atoms with Gasteiger partial charge in [-0.1, -0.05) is 24.3 Å². The zero-order valence-electron chi connectivity index (χ0n) is 17.0. The summed E-state index contributed by atoms with van der Waals surface area (Å²) < 4.78 is 25.3. The number of thiophene rings is 1. The molecule has 5 heteroatoms. The number of fused-ring (bicyclic) bond motifs is 1. The maximum absolute atomic E-state index is 13.1. The molecule has 0 N–H and O–H groups in total. The van der Waals surface area contributed by atoms with Gasteiger partial charge in [0.1, 0.15) is 17.2 Å². The van der Waals surface area contributed by atoms with Crippen LogP contribution in [0.1, 0.15) is 24.3 Å². The van der Waals surface area contributed by atoms with E-state index in [4.69, 9.17) is 9.47 Å². The van der Waals surface area contributed by atoms with Gasteiger partial charge in [0.25, 0.3) is 0 Å². The summed E-state index contributed by atoms with van der Waals surface area (Å²) in [5.74, 6) is 0.0734. The van der Waals surface area contributed by atoms with Gasteiger partial charge in [-0.15, -0.1) is 0 Å². The summed E-state index contributed by atoms with van der Waals surface area (Å²) in [6, 6.07) is 24.0. The molecule has 152 valence electrons. The van der Waals surface area contributed by atoms with E-state index in [1.807, 2.05) is 18.2 Å². The van der Waals surface area contributed by atoms with Crippen molar-refractivity contribution in [2.45, 2.75) is 26.4 Å². The summed E-state index contributed by atoms with van der Waals surface area (Å²) in [5.41, 5.74) is -0.263. The summed E-state index contributed by atoms with van der Waals surface area (Å²) >= 11 is 0. The molecule has 0 fully saturated rings. The Kier molecular flexibility index (Phi) is 5.31. The van der Waals surface area contributed by atoms with E-state index in [0.717, 1.165) is 0 Å². The molecule has 3 aromatic carbocycles. The van der Waals surface area contributed by atoms with E-state index in [1.54, 1.807) is 38.1 Å². The lowest BCUT2D eigenvalue weighted by molar-refractivity contribution is 0.00634. The minimum absolute atomic E-state index is 0.115. The molecule has 1 aromatic heterocycles. The van der Waals surface area contributed by atoms with Gasteiger partial charge in [-0.3, -0.25) is 0 Å². The molecule has 1 unspecified atom stereocenters. The zero-order chi connectivity index (χ0) is 21.3. The Morgan fingerprint density at radius 3 is 2.30 bits per heavy atom. The number of aryl methyl sites for hydroxylation is 1. The molecule has 30 heavy (non-hydrogen) atoms. The van der Waals surface area contributed by atoms with Crippen molar-refractivity contribution in [2.75, 3.05) is 0 Å². The lowest BCUT2D eigenvalue weighted by Crippen LogP contribution is -2.27. The van der Waals surface area contributed by atoms with E-state index < -0.39 is 11.8 Å². The lowest BCUT2D eigenvalue weighted by atomic mass is 9.98. The highest BCUT2D eigenvalue weighted by Gasteiger charge is 2.27. The zero-order valence-corrected chi connectivity index (χ0v) is 17.8. The van der Waals surface area contributed by atoms with E-state index in [-0.39, 0.29) is 16.3 Å². The van der Waals surface area contributed by atoms with Crippen molar-refractivity contribution in [3.8, 4) is 10.6 Å². The molecule has 1 atom stereocenters. The second-order valence-electron chi connectivity index (χ2n) is 7.54. The molecular weight excluding hydrogens is 399 g/mol. The Balaban J connectivity index is 1.49. The number of hydrogen-bond acceptors (Lipinski definition) is 3. The third-order valence-electron chi connectivity index (χ3n) is 4.96. The Hall–Kier alpha value is -3.18. The lowest BCUT2D eigenvalue weighted by Gasteiger charge is -2.24. The maximum atomic E-state index is 13.1. The number of rotatable bonds is 4. The number of benzene rings is 3. The van der Waals surface area contributed by atoms with Crippen LogP contribution in [0.3, 0.4) is 0 Å². The fraction of sp³-hybridized carbons (Fsp3) is 0.160. The van der Waals surface area contributed by atoms with Gasteiger partial charge in [-0.25, -0.2) is 9.18 Å². The molecule has 0 radical (unpaired) electrons. The quantitative estimate of drug-likeness (QED) is 0.195. The largest absolute Gasteiger partial charge is 0.514 e. The first kappa shape index (κ1) is 20.1. The molecule has 0 spiro atoms. The van der Waals surface area contributed by atoms with Crippen molar-refractivity contribution in [3.63, 3.8) is 0 Å². The molecule has 0 aliphatic carbocycles. The summed E-state index contributed by atoms with van der Waals surface area (Å²) in [4.78, 5) is 14.8. The molecule has 0 saturated heterocycles. The van der Waals surface area contributed by atoms with Crippen LogP contribution in [0.5, 0.6) is 5.75 Å². The Morgan fingerprint density at radius 1 is 0.933 bits per heavy atom. The van der Waals surface area contributed by atoms with Gasteiger partial charge in [0.15, 0.2) is 14.5 Å². The Labute approximate surface area is 177 Å². The van der Waals surface area contributed by atoms with Crippen molar-refractivity contribution in [2.24, 2.45) is 0 Å². The van der Waals surface area contributed by atoms with Crippen LogP contribution < -0.4 is 4.74 Å². The molecule has 3 nitrogen and oxygen atoms in total. The van der Waals surface area contributed by atoms with Gasteiger partial charge in [-0.2, -0.15) is 0 Å². The molecule has 0 amide bonds. The third-order valence-corrected chi connectivity index (χ3v) is 7.28. The van der Waals surface area contributed by atoms with Crippen LogP contribution in [-0.2, 0) is 10.3 Å². The predicted octanol–water partition coefficient (Wildman–Crippen LogP) is 7.48. The highest BCUT2D eigenvalue weighted by molar-refractivity contribution is 7.45. The van der Waals surface area contributed by atoms with Gasteiger partial charge in [0.2, 0.25) is 0 Å². The van der Waals surface area contributed by atoms with E-state index in [0.29, 0.717) is 11.3 Å². The van der Waals surface area contributed by atoms with Crippen molar-refractivity contribution >= 4 is 26.7 Å². The average molecular weight is 422 g/mol. The summed E-state index contributed by atoms with van der Waals surface area (Å²) in [6.07, 6.45) is -0.804. The monoisotopic (exact) mass is 421 g/mol. The molecule has 0 aliphatic heterocycles. The van der Waals surface area contributed by atoms with Crippen molar-refractivity contribution in [1.82, 2.24) is 0 Å². The van der Waals surface area contributed by atoms with Crippen LogP contribution in [-0.4, -0.2) is 6.16 Å². The van der Waals surface area contributed by atoms with E-state index in [9.17, 15) is 9.18 Å². The summed E-state index contributed by atoms with van der Waals surface area (Å²) in [6.45, 7) is 5.61. The fourth-order valence-corrected chi connectivity index (χ4v) is 5.63. The molecule has 4 rings (SSSR count). The van der Waals surface area contributed by atoms with Crippen LogP contribution >= 0.6 is 10.5 Å². The van der Waals surface area contributed by atoms with Gasteiger partial charge >= 0.3 is 6.16 Å². The standard InChI is InChI=1S/C25H22FO3S/c1-17-16-18-6-4-5-7-23(18)30(17)22-14-12-21(13-15-22)28-24(27)29-25(2,3)19-8-10-20(26)11-9-19/h4-16H,1-3H3/q+1. The number of carbonyl (C=O) groups excluding carboxylic acids is 1. The van der Waals surface area contributed by atoms with Crippen molar-refractivity contribution < 1.29 is 18.7 Å². The fourth-order valence-electron chi connectivity index (χ4n) is 3.43. The molecule has 0 bridgehead atoms. The summed E-state index contributed by atoms with van der Waals surface area (Å²) in [7, 11) is -0.115. The number of ether oxygens (including phenoxy) is 2. The van der Waals surface area contributed by atoms with Gasteiger partial charge in [-0.05, 0) is 55.8 Å². The normalized spacial score (nSPS) is 12.1. The molecule has 4 aromatic rings. The second-order valence-corrected chi connectivity index (χ2v) is 9.71. The number of carbonyl (C=O) groups is 1. The molecule has 0 aliphatic rings. The summed E-state index contributed by atoms with van der Waals surface area (Å²) in [5, 5.41) is 1.25. The smallest absolute Gasteiger partial charge is 0.423 e. The molecule has 0 saturated carbocycles. The second kappa shape index (κ2) is 7.92. The van der Waals surface area contributed by atoms with Crippen LogP contribution in [0.4, 0.5) is 9.18 Å². The van der Waals surface area contributed by atoms with E-state index in [1.165, 1.54) is 32.0 Å². The van der Waals surface area contributed by atoms with Gasteiger partial charge in [0, 0.05) is 41.0 Å². The van der Waals surface area contributed by atoms with Gasteiger partial charge < -0.3 is 9.47 Å². The van der Waals surface area contributed by atoms with Crippen LogP contribution in [0.15, 0.2) is 78.9 Å². The van der Waals surface area contributed by atoms with E-state index in [2.05, 4.69) is 31.2 Å². The van der Waals surface area contributed by atoms with Crippen LogP contribution in [0, 0.1) is 12.7 Å². The average Bonchev–Trinajstić information content (AvgIpc) is 3.04. The SMILES string of the molecule is Cc1cc2ccccc2[s+]1-c1ccc(OC(=O)OC(C)(C)c2ccc(F)cc2)cc1. The number of halogens is 1. The van der Waals surface area contributed by atoms with E-state index >= 15 is 0 Å². The minimum Gasteiger partial charge on any atom is -0.423 e. The number of hydrogen-bond donors (Lipinski definition) is 0. The van der Waals surface area contributed by atoms with Crippen molar-refractivity contribution in [1.29, 1.82) is 0 Å². The first-order valence-corrected chi connectivity index (χ1v) is 10.8.